The molecule has 0 aromatic heterocycles. The Morgan fingerprint density at radius 1 is 0.815 bits per heavy atom. The zero-order chi connectivity index (χ0) is 38.7. The maximum absolute atomic E-state index is 13.7. The number of carbonyl (C=O) groups is 6. The fraction of sp³-hybridized carbons (Fsp3) is 0.429. The van der Waals surface area contributed by atoms with E-state index < -0.39 is 59.0 Å². The van der Waals surface area contributed by atoms with E-state index in [2.05, 4.69) is 13.2 Å². The molecular formula is C42H42O12. The molecule has 54 heavy (non-hydrogen) atoms. The van der Waals surface area contributed by atoms with Gasteiger partial charge in [0.05, 0.1) is 11.0 Å². The molecular weight excluding hydrogens is 696 g/mol. The van der Waals surface area contributed by atoms with Crippen molar-refractivity contribution in [1.29, 1.82) is 0 Å². The highest BCUT2D eigenvalue weighted by molar-refractivity contribution is 6.08. The van der Waals surface area contributed by atoms with Gasteiger partial charge in [0.1, 0.15) is 23.6 Å². The van der Waals surface area contributed by atoms with Crippen molar-refractivity contribution in [2.75, 3.05) is 0 Å². The van der Waals surface area contributed by atoms with E-state index in [1.807, 2.05) is 0 Å². The molecule has 2 aromatic rings. The van der Waals surface area contributed by atoms with Crippen molar-refractivity contribution in [1.82, 2.24) is 0 Å². The normalized spacial score (nSPS) is 28.1. The van der Waals surface area contributed by atoms with Crippen molar-refractivity contribution in [3.05, 3.63) is 88.9 Å². The lowest BCUT2D eigenvalue weighted by molar-refractivity contribution is -0.209. The molecule has 2 aliphatic heterocycles. The molecule has 12 heteroatoms. The van der Waals surface area contributed by atoms with Crippen molar-refractivity contribution >= 4 is 46.6 Å². The van der Waals surface area contributed by atoms with Crippen LogP contribution in [-0.4, -0.2) is 53.6 Å². The van der Waals surface area contributed by atoms with E-state index in [0.29, 0.717) is 54.0 Å². The third-order valence-electron chi connectivity index (χ3n) is 11.5. The predicted molar refractivity (Wildman–Crippen MR) is 191 cm³/mol. The molecule has 12 nitrogen and oxygen atoms in total. The summed E-state index contributed by atoms with van der Waals surface area (Å²) >= 11 is 0. The molecule has 0 amide bonds. The molecule has 8 rings (SSSR count). The third kappa shape index (κ3) is 6.62. The van der Waals surface area contributed by atoms with Crippen LogP contribution < -0.4 is 4.74 Å². The summed E-state index contributed by atoms with van der Waals surface area (Å²) in [5.41, 5.74) is -0.226. The Hall–Kier alpha value is -5.52. The molecule has 6 aliphatic rings. The number of fused-ring (bicyclic) bond motifs is 1. The second-order valence-corrected chi connectivity index (χ2v) is 15.5. The summed E-state index contributed by atoms with van der Waals surface area (Å²) in [6.45, 7) is 14.1. The van der Waals surface area contributed by atoms with Gasteiger partial charge in [-0.2, -0.15) is 0 Å². The molecule has 4 bridgehead atoms. The van der Waals surface area contributed by atoms with Crippen molar-refractivity contribution in [2.45, 2.75) is 96.9 Å². The van der Waals surface area contributed by atoms with Crippen LogP contribution in [0, 0.1) is 17.3 Å². The van der Waals surface area contributed by atoms with E-state index in [-0.39, 0.29) is 58.7 Å². The molecule has 4 fully saturated rings. The topological polar surface area (TPSA) is 158 Å². The maximum atomic E-state index is 13.7. The summed E-state index contributed by atoms with van der Waals surface area (Å²) in [7, 11) is 0. The van der Waals surface area contributed by atoms with Crippen LogP contribution in [0.25, 0.3) is 10.8 Å². The lowest BCUT2D eigenvalue weighted by Gasteiger charge is -2.59. The smallest absolute Gasteiger partial charge is 0.375 e. The third-order valence-corrected chi connectivity index (χ3v) is 11.5. The first-order valence-corrected chi connectivity index (χ1v) is 18.2. The molecule has 4 atom stereocenters. The van der Waals surface area contributed by atoms with Gasteiger partial charge in [0.25, 0.3) is 0 Å². The van der Waals surface area contributed by atoms with Gasteiger partial charge in [-0.15, -0.1) is 0 Å². The quantitative estimate of drug-likeness (QED) is 0.105. The Balaban J connectivity index is 0.987. The second-order valence-electron chi connectivity index (χ2n) is 15.5. The Bertz CT molecular complexity index is 2100. The van der Waals surface area contributed by atoms with Gasteiger partial charge >= 0.3 is 35.8 Å². The van der Waals surface area contributed by atoms with Crippen LogP contribution in [0.1, 0.15) is 89.4 Å². The van der Waals surface area contributed by atoms with Gasteiger partial charge in [0.2, 0.25) is 11.5 Å². The van der Waals surface area contributed by atoms with Crippen molar-refractivity contribution < 1.29 is 57.2 Å². The van der Waals surface area contributed by atoms with Gasteiger partial charge in [0.15, 0.2) is 0 Å². The highest BCUT2D eigenvalue weighted by atomic mass is 16.6. The molecule has 0 radical (unpaired) electrons. The molecule has 4 unspecified atom stereocenters. The van der Waals surface area contributed by atoms with Crippen molar-refractivity contribution in [3.63, 3.8) is 0 Å². The van der Waals surface area contributed by atoms with Gasteiger partial charge in [-0.3, -0.25) is 4.79 Å². The van der Waals surface area contributed by atoms with Crippen LogP contribution in [0.5, 0.6) is 5.75 Å². The molecule has 282 valence electrons. The average molecular weight is 739 g/mol. The zero-order valence-electron chi connectivity index (χ0n) is 30.7. The molecule has 4 saturated carbocycles. The summed E-state index contributed by atoms with van der Waals surface area (Å²) in [5, 5.41) is 0.944. The Morgan fingerprint density at radius 2 is 1.46 bits per heavy atom. The summed E-state index contributed by atoms with van der Waals surface area (Å²) in [5.74, 6) is -3.64. The molecule has 0 saturated heterocycles. The van der Waals surface area contributed by atoms with E-state index in [1.165, 1.54) is 13.0 Å². The van der Waals surface area contributed by atoms with Crippen molar-refractivity contribution in [3.8, 4) is 5.75 Å². The second kappa shape index (κ2) is 13.7. The van der Waals surface area contributed by atoms with Crippen LogP contribution in [-0.2, 0) is 47.7 Å². The first-order valence-electron chi connectivity index (χ1n) is 18.2. The molecule has 4 aliphatic carbocycles. The standard InChI is InChI=1S/C42H42O12/c1-21(2)35(43)51-32-12-8-9-28-29(32)10-7-11-30(28)37(45)52-34-24(5)31(50-39(34)47)14-13-22(3)36(44)54-42-18-26-15-27(19-42)17-41(16-26,20-42)40(48)53-33-23(4)25(6)49-38(33)46/h7-12,25-27,31H,1,3,13-20H2,2,4-6H3. The van der Waals surface area contributed by atoms with E-state index in [4.69, 9.17) is 28.4 Å². The number of benzene rings is 2. The first kappa shape index (κ1) is 36.8. The number of hydrogen-bond acceptors (Lipinski definition) is 12. The van der Waals surface area contributed by atoms with Crippen LogP contribution in [0.3, 0.4) is 0 Å². The summed E-state index contributed by atoms with van der Waals surface area (Å²) in [6, 6.07) is 9.75. The minimum Gasteiger partial charge on any atom is -0.456 e. The first-order chi connectivity index (χ1) is 25.6. The summed E-state index contributed by atoms with van der Waals surface area (Å²) < 4.78 is 33.7. The largest absolute Gasteiger partial charge is 0.456 e. The number of cyclic esters (lactones) is 2. The summed E-state index contributed by atoms with van der Waals surface area (Å²) in [6.07, 6.45) is 2.81. The van der Waals surface area contributed by atoms with Crippen molar-refractivity contribution in [2.24, 2.45) is 17.3 Å². The minimum absolute atomic E-state index is 0.0523. The van der Waals surface area contributed by atoms with Gasteiger partial charge < -0.3 is 28.4 Å². The molecule has 0 spiro atoms. The number of ether oxygens (including phenoxy) is 6. The van der Waals surface area contributed by atoms with Gasteiger partial charge in [0, 0.05) is 34.1 Å². The fourth-order valence-corrected chi connectivity index (χ4v) is 9.04. The van der Waals surface area contributed by atoms with Crippen LogP contribution >= 0.6 is 0 Å². The van der Waals surface area contributed by atoms with E-state index in [0.717, 1.165) is 6.42 Å². The van der Waals surface area contributed by atoms with Crippen LogP contribution in [0.15, 0.2) is 83.4 Å². The Kier molecular flexibility index (Phi) is 9.35. The number of esters is 6. The monoisotopic (exact) mass is 738 g/mol. The SMILES string of the molecule is C=C(C)C(=O)Oc1cccc2c(C(=O)OC3=C(C)C(CCC(=C)C(=O)OC45CC6CC(C4)CC(C(=O)OC4=C(C)C(C)OC4=O)(C6)C5)OC3=O)cccc12. The average Bonchev–Trinajstić information content (AvgIpc) is 3.52. The van der Waals surface area contributed by atoms with E-state index in [9.17, 15) is 28.8 Å². The molecule has 2 heterocycles. The number of carbonyl (C=O) groups excluding carboxylic acids is 6. The maximum Gasteiger partial charge on any atom is 0.375 e. The molecule has 2 aromatic carbocycles. The van der Waals surface area contributed by atoms with Gasteiger partial charge in [-0.05, 0) is 102 Å². The molecule has 0 N–H and O–H groups in total. The zero-order valence-corrected chi connectivity index (χ0v) is 30.7. The Labute approximate surface area is 312 Å². The highest BCUT2D eigenvalue weighted by Gasteiger charge is 2.63. The minimum atomic E-state index is -0.870. The van der Waals surface area contributed by atoms with Crippen LogP contribution in [0.2, 0.25) is 0 Å². The van der Waals surface area contributed by atoms with Gasteiger partial charge in [-0.1, -0.05) is 37.4 Å². The lowest BCUT2D eigenvalue weighted by atomic mass is 9.48. The number of rotatable bonds is 11. The van der Waals surface area contributed by atoms with E-state index in [1.54, 1.807) is 51.1 Å². The van der Waals surface area contributed by atoms with Crippen LogP contribution in [0.4, 0.5) is 0 Å². The Morgan fingerprint density at radius 3 is 2.13 bits per heavy atom. The van der Waals surface area contributed by atoms with Gasteiger partial charge in [-0.25, -0.2) is 24.0 Å². The summed E-state index contributed by atoms with van der Waals surface area (Å²) in [4.78, 5) is 78.0. The highest BCUT2D eigenvalue weighted by Crippen LogP contribution is 2.63. The van der Waals surface area contributed by atoms with E-state index >= 15 is 0 Å². The number of hydrogen-bond donors (Lipinski definition) is 0. The lowest BCUT2D eigenvalue weighted by Crippen LogP contribution is -2.60. The fourth-order valence-electron chi connectivity index (χ4n) is 9.04. The predicted octanol–water partition coefficient (Wildman–Crippen LogP) is 6.66.